The van der Waals surface area contributed by atoms with Crippen LogP contribution in [0.15, 0.2) is 29.2 Å². The lowest BCUT2D eigenvalue weighted by Gasteiger charge is -2.26. The van der Waals surface area contributed by atoms with Crippen molar-refractivity contribution in [1.29, 1.82) is 0 Å². The Morgan fingerprint density at radius 1 is 1.17 bits per heavy atom. The van der Waals surface area contributed by atoms with Gasteiger partial charge in [0.1, 0.15) is 0 Å². The molecular weight excluding hydrogens is 336 g/mol. The second-order valence-electron chi connectivity index (χ2n) is 5.75. The first kappa shape index (κ1) is 16.9. The van der Waals surface area contributed by atoms with E-state index in [0.717, 1.165) is 0 Å². The summed E-state index contributed by atoms with van der Waals surface area (Å²) >= 11 is 0. The van der Waals surface area contributed by atoms with Crippen LogP contribution in [0.1, 0.15) is 6.42 Å². The standard InChI is InChI=1S/C15H18N2O6S/c18-14-9-11(15(19)20)10-17(14)12-1-3-13(4-2-12)24(21,22)16-5-7-23-8-6-16/h1-4,11H,5-10H2,(H,19,20)/t11-/m1/s1. The van der Waals surface area contributed by atoms with Crippen molar-refractivity contribution in [2.45, 2.75) is 11.3 Å². The van der Waals surface area contributed by atoms with Crippen LogP contribution in [-0.4, -0.2) is 62.6 Å². The molecule has 1 atom stereocenters. The third-order valence-electron chi connectivity index (χ3n) is 4.23. The molecule has 0 unspecified atom stereocenters. The van der Waals surface area contributed by atoms with E-state index in [2.05, 4.69) is 0 Å². The smallest absolute Gasteiger partial charge is 0.308 e. The Labute approximate surface area is 139 Å². The van der Waals surface area contributed by atoms with Gasteiger partial charge in [-0.3, -0.25) is 9.59 Å². The van der Waals surface area contributed by atoms with Gasteiger partial charge in [-0.1, -0.05) is 0 Å². The number of carboxylic acids is 1. The van der Waals surface area contributed by atoms with E-state index in [-0.39, 0.29) is 23.8 Å². The highest BCUT2D eigenvalue weighted by atomic mass is 32.2. The number of benzene rings is 1. The Morgan fingerprint density at radius 3 is 2.33 bits per heavy atom. The second-order valence-corrected chi connectivity index (χ2v) is 7.69. The predicted molar refractivity (Wildman–Crippen MR) is 84.1 cm³/mol. The maximum atomic E-state index is 12.5. The number of hydrogen-bond donors (Lipinski definition) is 1. The number of sulfonamides is 1. The van der Waals surface area contributed by atoms with E-state index in [1.807, 2.05) is 0 Å². The van der Waals surface area contributed by atoms with Crippen molar-refractivity contribution in [2.24, 2.45) is 5.92 Å². The van der Waals surface area contributed by atoms with Crippen LogP contribution in [0.5, 0.6) is 0 Å². The summed E-state index contributed by atoms with van der Waals surface area (Å²) in [5.41, 5.74) is 0.504. The Morgan fingerprint density at radius 2 is 1.79 bits per heavy atom. The van der Waals surface area contributed by atoms with Crippen LogP contribution in [0.2, 0.25) is 0 Å². The van der Waals surface area contributed by atoms with Crippen molar-refractivity contribution < 1.29 is 27.9 Å². The zero-order chi connectivity index (χ0) is 17.3. The molecule has 1 aromatic carbocycles. The Balaban J connectivity index is 1.78. The molecule has 8 nitrogen and oxygen atoms in total. The van der Waals surface area contributed by atoms with E-state index in [4.69, 9.17) is 9.84 Å². The van der Waals surface area contributed by atoms with Gasteiger partial charge >= 0.3 is 5.97 Å². The van der Waals surface area contributed by atoms with E-state index in [1.54, 1.807) is 0 Å². The van der Waals surface area contributed by atoms with Crippen molar-refractivity contribution in [3.8, 4) is 0 Å². The summed E-state index contributed by atoms with van der Waals surface area (Å²) in [4.78, 5) is 24.5. The molecule has 1 amide bonds. The van der Waals surface area contributed by atoms with Crippen molar-refractivity contribution in [3.63, 3.8) is 0 Å². The fourth-order valence-corrected chi connectivity index (χ4v) is 4.26. The highest BCUT2D eigenvalue weighted by Gasteiger charge is 2.35. The minimum absolute atomic E-state index is 0.0385. The molecule has 2 fully saturated rings. The maximum absolute atomic E-state index is 12.5. The molecular formula is C15H18N2O6S. The minimum Gasteiger partial charge on any atom is -0.481 e. The average molecular weight is 354 g/mol. The molecule has 24 heavy (non-hydrogen) atoms. The summed E-state index contributed by atoms with van der Waals surface area (Å²) in [6, 6.07) is 5.97. The lowest BCUT2D eigenvalue weighted by atomic mass is 10.1. The molecule has 2 aliphatic heterocycles. The summed E-state index contributed by atoms with van der Waals surface area (Å²) in [5, 5.41) is 9.02. The topological polar surface area (TPSA) is 104 Å². The van der Waals surface area contributed by atoms with E-state index >= 15 is 0 Å². The molecule has 0 spiro atoms. The fourth-order valence-electron chi connectivity index (χ4n) is 2.86. The zero-order valence-electron chi connectivity index (χ0n) is 12.9. The zero-order valence-corrected chi connectivity index (χ0v) is 13.7. The number of aliphatic carboxylic acids is 1. The fraction of sp³-hybridized carbons (Fsp3) is 0.467. The number of ether oxygens (including phenoxy) is 1. The lowest BCUT2D eigenvalue weighted by Crippen LogP contribution is -2.40. The van der Waals surface area contributed by atoms with Gasteiger partial charge in [0.05, 0.1) is 24.0 Å². The molecule has 2 aliphatic rings. The third-order valence-corrected chi connectivity index (χ3v) is 6.14. The van der Waals surface area contributed by atoms with Crippen molar-refractivity contribution in [2.75, 3.05) is 37.7 Å². The van der Waals surface area contributed by atoms with Crippen molar-refractivity contribution >= 4 is 27.6 Å². The highest BCUT2D eigenvalue weighted by Crippen LogP contribution is 2.27. The van der Waals surface area contributed by atoms with Crippen molar-refractivity contribution in [3.05, 3.63) is 24.3 Å². The molecule has 2 heterocycles. The first-order valence-electron chi connectivity index (χ1n) is 7.61. The van der Waals surface area contributed by atoms with Crippen LogP contribution in [-0.2, 0) is 24.3 Å². The number of anilines is 1. The van der Waals surface area contributed by atoms with Gasteiger partial charge in [0, 0.05) is 31.7 Å². The van der Waals surface area contributed by atoms with Gasteiger partial charge in [-0.15, -0.1) is 0 Å². The largest absolute Gasteiger partial charge is 0.481 e. The van der Waals surface area contributed by atoms with Gasteiger partial charge in [0.2, 0.25) is 15.9 Å². The second kappa shape index (κ2) is 6.50. The molecule has 0 saturated carbocycles. The van der Waals surface area contributed by atoms with Gasteiger partial charge < -0.3 is 14.7 Å². The quantitative estimate of drug-likeness (QED) is 0.825. The maximum Gasteiger partial charge on any atom is 0.308 e. The highest BCUT2D eigenvalue weighted by molar-refractivity contribution is 7.89. The predicted octanol–water partition coefficient (Wildman–Crippen LogP) is 0.145. The molecule has 9 heteroatoms. The van der Waals surface area contributed by atoms with Gasteiger partial charge in [-0.05, 0) is 24.3 Å². The monoisotopic (exact) mass is 354 g/mol. The van der Waals surface area contributed by atoms with Crippen LogP contribution >= 0.6 is 0 Å². The lowest BCUT2D eigenvalue weighted by molar-refractivity contribution is -0.141. The van der Waals surface area contributed by atoms with Gasteiger partial charge in [0.25, 0.3) is 0 Å². The summed E-state index contributed by atoms with van der Waals surface area (Å²) < 4.78 is 31.6. The van der Waals surface area contributed by atoms with Crippen LogP contribution < -0.4 is 4.90 Å². The first-order chi connectivity index (χ1) is 11.4. The molecule has 0 radical (unpaired) electrons. The SMILES string of the molecule is O=C(O)[C@@H]1CC(=O)N(c2ccc(S(=O)(=O)N3CCOCC3)cc2)C1. The molecule has 1 N–H and O–H groups in total. The summed E-state index contributed by atoms with van der Waals surface area (Å²) in [7, 11) is -3.58. The molecule has 0 aromatic heterocycles. The van der Waals surface area contributed by atoms with Gasteiger partial charge in [0.15, 0.2) is 0 Å². The summed E-state index contributed by atoms with van der Waals surface area (Å²) in [6.45, 7) is 1.47. The molecule has 1 aromatic rings. The van der Waals surface area contributed by atoms with Crippen LogP contribution in [0, 0.1) is 5.92 Å². The normalized spacial score (nSPS) is 22.8. The Hall–Kier alpha value is -1.97. The number of amides is 1. The van der Waals surface area contributed by atoms with Gasteiger partial charge in [-0.2, -0.15) is 4.31 Å². The van der Waals surface area contributed by atoms with E-state index in [1.165, 1.54) is 33.5 Å². The van der Waals surface area contributed by atoms with E-state index in [9.17, 15) is 18.0 Å². The number of nitrogens with zero attached hydrogens (tertiary/aromatic N) is 2. The third kappa shape index (κ3) is 3.14. The number of morpholine rings is 1. The number of carboxylic acid groups (broad SMARTS) is 1. The van der Waals surface area contributed by atoms with Crippen LogP contribution in [0.4, 0.5) is 5.69 Å². The minimum atomic E-state index is -3.58. The van der Waals surface area contributed by atoms with Crippen LogP contribution in [0.25, 0.3) is 0 Å². The Kier molecular flexibility index (Phi) is 4.57. The molecule has 2 saturated heterocycles. The molecule has 130 valence electrons. The first-order valence-corrected chi connectivity index (χ1v) is 9.05. The average Bonchev–Trinajstić information content (AvgIpc) is 2.98. The number of hydrogen-bond acceptors (Lipinski definition) is 5. The number of rotatable bonds is 4. The summed E-state index contributed by atoms with van der Waals surface area (Å²) in [6.07, 6.45) is -0.0385. The van der Waals surface area contributed by atoms with Crippen molar-refractivity contribution in [1.82, 2.24) is 4.31 Å². The molecule has 0 bridgehead atoms. The number of carbonyl (C=O) groups is 2. The molecule has 3 rings (SSSR count). The Bertz CT molecular complexity index is 740. The van der Waals surface area contributed by atoms with E-state index in [0.29, 0.717) is 32.0 Å². The van der Waals surface area contributed by atoms with Gasteiger partial charge in [-0.25, -0.2) is 8.42 Å². The van der Waals surface area contributed by atoms with Crippen LogP contribution in [0.3, 0.4) is 0 Å². The van der Waals surface area contributed by atoms with E-state index < -0.39 is 21.9 Å². The molecule has 0 aliphatic carbocycles. The summed E-state index contributed by atoms with van der Waals surface area (Å²) in [5.74, 6) is -2.00. The number of carbonyl (C=O) groups excluding carboxylic acids is 1.